The van der Waals surface area contributed by atoms with Crippen LogP contribution in [-0.2, 0) is 4.74 Å². The van der Waals surface area contributed by atoms with Crippen LogP contribution in [0.2, 0.25) is 0 Å². The number of ether oxygens (including phenoxy) is 1. The van der Waals surface area contributed by atoms with E-state index < -0.39 is 17.7 Å². The third-order valence-corrected chi connectivity index (χ3v) is 2.14. The van der Waals surface area contributed by atoms with E-state index >= 15 is 0 Å². The summed E-state index contributed by atoms with van der Waals surface area (Å²) in [5.41, 5.74) is 0.379. The van der Waals surface area contributed by atoms with Crippen molar-refractivity contribution >= 4 is 0 Å². The van der Waals surface area contributed by atoms with E-state index in [2.05, 4.69) is 5.32 Å². The van der Waals surface area contributed by atoms with Gasteiger partial charge in [0.25, 0.3) is 0 Å². The summed E-state index contributed by atoms with van der Waals surface area (Å²) in [6.07, 6.45) is -0.409. The first kappa shape index (κ1) is 13.1. The van der Waals surface area contributed by atoms with Gasteiger partial charge in [0.1, 0.15) is 11.6 Å². The minimum Gasteiger partial charge on any atom is -0.369 e. The Balaban J connectivity index is 2.91. The lowest BCUT2D eigenvalue weighted by atomic mass is 10.1. The van der Waals surface area contributed by atoms with Gasteiger partial charge in [-0.1, -0.05) is 6.07 Å². The highest BCUT2D eigenvalue weighted by molar-refractivity contribution is 5.21. The van der Waals surface area contributed by atoms with Crippen LogP contribution < -0.4 is 5.32 Å². The second-order valence-corrected chi connectivity index (χ2v) is 3.90. The zero-order valence-corrected chi connectivity index (χ0v) is 9.76. The number of hydrogen-bond acceptors (Lipinski definition) is 2. The van der Waals surface area contributed by atoms with Crippen molar-refractivity contribution < 1.29 is 13.5 Å². The Morgan fingerprint density at radius 3 is 2.50 bits per heavy atom. The average Bonchev–Trinajstić information content (AvgIpc) is 2.16. The van der Waals surface area contributed by atoms with E-state index in [0.717, 1.165) is 6.07 Å². The molecule has 0 aliphatic rings. The molecule has 0 aromatic heterocycles. The average molecular weight is 229 g/mol. The first-order chi connectivity index (χ1) is 7.54. The van der Waals surface area contributed by atoms with E-state index in [1.54, 1.807) is 7.05 Å². The molecule has 0 heterocycles. The maximum Gasteiger partial charge on any atom is 0.131 e. The molecule has 0 saturated carbocycles. The van der Waals surface area contributed by atoms with Crippen LogP contribution in [0.3, 0.4) is 0 Å². The molecule has 1 aromatic carbocycles. The molecule has 1 atom stereocenters. The van der Waals surface area contributed by atoms with Crippen LogP contribution in [0.1, 0.15) is 25.5 Å². The van der Waals surface area contributed by atoms with Crippen molar-refractivity contribution in [3.05, 3.63) is 35.4 Å². The lowest BCUT2D eigenvalue weighted by molar-refractivity contribution is 0.00622. The van der Waals surface area contributed by atoms with Crippen molar-refractivity contribution in [2.75, 3.05) is 13.6 Å². The number of benzene rings is 1. The molecule has 0 saturated heterocycles. The van der Waals surface area contributed by atoms with Gasteiger partial charge in [0, 0.05) is 18.2 Å². The molecule has 0 unspecified atom stereocenters. The summed E-state index contributed by atoms with van der Waals surface area (Å²) >= 11 is 0. The maximum atomic E-state index is 13.5. The summed E-state index contributed by atoms with van der Waals surface area (Å²) in [4.78, 5) is 0. The van der Waals surface area contributed by atoms with Gasteiger partial charge in [-0.2, -0.15) is 0 Å². The zero-order valence-electron chi connectivity index (χ0n) is 9.76. The van der Waals surface area contributed by atoms with Crippen LogP contribution in [0, 0.1) is 11.6 Å². The fourth-order valence-electron chi connectivity index (χ4n) is 1.51. The molecule has 0 fully saturated rings. The minimum atomic E-state index is -0.575. The van der Waals surface area contributed by atoms with Gasteiger partial charge in [0.05, 0.1) is 12.2 Å². The molecule has 0 spiro atoms. The third kappa shape index (κ3) is 3.54. The summed E-state index contributed by atoms with van der Waals surface area (Å²) in [5.74, 6) is -1.14. The van der Waals surface area contributed by atoms with Crippen molar-refractivity contribution in [3.8, 4) is 0 Å². The standard InChI is InChI=1S/C12H17F2NO/c1-8(2)16-12(7-15-3)10-5-4-9(13)6-11(10)14/h4-6,8,12,15H,7H2,1-3H3/t12-/m0/s1. The number of nitrogens with one attached hydrogen (secondary N) is 1. The van der Waals surface area contributed by atoms with Crippen molar-refractivity contribution in [2.45, 2.75) is 26.1 Å². The van der Waals surface area contributed by atoms with Gasteiger partial charge in [-0.05, 0) is 27.0 Å². The molecule has 16 heavy (non-hydrogen) atoms. The molecule has 0 bridgehead atoms. The molecular weight excluding hydrogens is 212 g/mol. The van der Waals surface area contributed by atoms with Gasteiger partial charge in [-0.25, -0.2) is 8.78 Å². The summed E-state index contributed by atoms with van der Waals surface area (Å²) in [7, 11) is 1.76. The Bertz CT molecular complexity index is 342. The largest absolute Gasteiger partial charge is 0.369 e. The highest BCUT2D eigenvalue weighted by Crippen LogP contribution is 2.22. The maximum absolute atomic E-state index is 13.5. The summed E-state index contributed by atoms with van der Waals surface area (Å²) in [6.45, 7) is 4.24. The Hall–Kier alpha value is -1.00. The first-order valence-electron chi connectivity index (χ1n) is 5.29. The topological polar surface area (TPSA) is 21.3 Å². The lowest BCUT2D eigenvalue weighted by Crippen LogP contribution is -2.23. The fraction of sp³-hybridized carbons (Fsp3) is 0.500. The van der Waals surface area contributed by atoms with Crippen LogP contribution in [-0.4, -0.2) is 19.7 Å². The first-order valence-corrected chi connectivity index (χ1v) is 5.29. The predicted molar refractivity (Wildman–Crippen MR) is 59.2 cm³/mol. The Morgan fingerprint density at radius 2 is 2.00 bits per heavy atom. The molecule has 1 N–H and O–H groups in total. The van der Waals surface area contributed by atoms with Gasteiger partial charge in [0.2, 0.25) is 0 Å². The van der Waals surface area contributed by atoms with Gasteiger partial charge in [-0.15, -0.1) is 0 Å². The summed E-state index contributed by atoms with van der Waals surface area (Å²) < 4.78 is 31.9. The molecule has 0 aliphatic heterocycles. The van der Waals surface area contributed by atoms with Gasteiger partial charge < -0.3 is 10.1 Å². The molecule has 90 valence electrons. The normalized spacial score (nSPS) is 13.1. The second-order valence-electron chi connectivity index (χ2n) is 3.90. The minimum absolute atomic E-state index is 0.0113. The number of likely N-dealkylation sites (N-methyl/N-ethyl adjacent to an activating group) is 1. The Labute approximate surface area is 94.6 Å². The Kier molecular flexibility index (Phi) is 4.83. The molecule has 2 nitrogen and oxygen atoms in total. The second kappa shape index (κ2) is 5.92. The third-order valence-electron chi connectivity index (χ3n) is 2.14. The summed E-state index contributed by atoms with van der Waals surface area (Å²) in [5, 5.41) is 2.93. The van der Waals surface area contributed by atoms with Crippen molar-refractivity contribution in [1.82, 2.24) is 5.32 Å². The number of halogens is 2. The van der Waals surface area contributed by atoms with E-state index in [0.29, 0.717) is 12.1 Å². The van der Waals surface area contributed by atoms with Crippen molar-refractivity contribution in [3.63, 3.8) is 0 Å². The monoisotopic (exact) mass is 229 g/mol. The molecule has 0 aliphatic carbocycles. The number of hydrogen-bond donors (Lipinski definition) is 1. The highest BCUT2D eigenvalue weighted by atomic mass is 19.1. The smallest absolute Gasteiger partial charge is 0.131 e. The molecular formula is C12H17F2NO. The summed E-state index contributed by atoms with van der Waals surface area (Å²) in [6, 6.07) is 3.54. The van der Waals surface area contributed by atoms with Crippen LogP contribution in [0.15, 0.2) is 18.2 Å². The number of rotatable bonds is 5. The predicted octanol–water partition coefficient (Wildman–Crippen LogP) is 2.65. The SMILES string of the molecule is CNC[C@H](OC(C)C)c1ccc(F)cc1F. The molecule has 1 aromatic rings. The van der Waals surface area contributed by atoms with Crippen LogP contribution in [0.25, 0.3) is 0 Å². The molecule has 1 rings (SSSR count). The van der Waals surface area contributed by atoms with Crippen molar-refractivity contribution in [1.29, 1.82) is 0 Å². The molecule has 0 radical (unpaired) electrons. The van der Waals surface area contributed by atoms with E-state index in [4.69, 9.17) is 4.74 Å². The van der Waals surface area contributed by atoms with E-state index in [1.807, 2.05) is 13.8 Å². The molecule has 0 amide bonds. The van der Waals surface area contributed by atoms with Gasteiger partial charge in [0.15, 0.2) is 0 Å². The van der Waals surface area contributed by atoms with Crippen LogP contribution in [0.4, 0.5) is 8.78 Å². The Morgan fingerprint density at radius 1 is 1.31 bits per heavy atom. The fourth-order valence-corrected chi connectivity index (χ4v) is 1.51. The van der Waals surface area contributed by atoms with E-state index in [-0.39, 0.29) is 6.10 Å². The lowest BCUT2D eigenvalue weighted by Gasteiger charge is -2.21. The highest BCUT2D eigenvalue weighted by Gasteiger charge is 2.17. The van der Waals surface area contributed by atoms with Crippen LogP contribution in [0.5, 0.6) is 0 Å². The van der Waals surface area contributed by atoms with Gasteiger partial charge in [-0.3, -0.25) is 0 Å². The quantitative estimate of drug-likeness (QED) is 0.838. The van der Waals surface area contributed by atoms with E-state index in [1.165, 1.54) is 12.1 Å². The van der Waals surface area contributed by atoms with Crippen molar-refractivity contribution in [2.24, 2.45) is 0 Å². The molecule has 4 heteroatoms. The van der Waals surface area contributed by atoms with Crippen LogP contribution >= 0.6 is 0 Å². The van der Waals surface area contributed by atoms with E-state index in [9.17, 15) is 8.78 Å². The van der Waals surface area contributed by atoms with Gasteiger partial charge >= 0.3 is 0 Å². The zero-order chi connectivity index (χ0) is 12.1.